The van der Waals surface area contributed by atoms with Gasteiger partial charge in [-0.25, -0.2) is 0 Å². The summed E-state index contributed by atoms with van der Waals surface area (Å²) in [6.07, 6.45) is 2.93. The zero-order valence-electron chi connectivity index (χ0n) is 12.7. The molecule has 2 rings (SSSR count). The molecule has 1 aromatic rings. The number of pyridine rings is 1. The fourth-order valence-electron chi connectivity index (χ4n) is 2.62. The van der Waals surface area contributed by atoms with E-state index >= 15 is 0 Å². The molecule has 0 bridgehead atoms. The van der Waals surface area contributed by atoms with Gasteiger partial charge in [-0.15, -0.1) is 0 Å². The summed E-state index contributed by atoms with van der Waals surface area (Å²) in [5, 5.41) is 3.68. The van der Waals surface area contributed by atoms with Crippen LogP contribution >= 0.6 is 0 Å². The molecule has 2 atom stereocenters. The lowest BCUT2D eigenvalue weighted by Gasteiger charge is -2.44. The van der Waals surface area contributed by atoms with Gasteiger partial charge in [-0.05, 0) is 24.5 Å². The Morgan fingerprint density at radius 2 is 2.16 bits per heavy atom. The minimum atomic E-state index is 0.323. The van der Waals surface area contributed by atoms with Crippen molar-refractivity contribution in [3.05, 3.63) is 30.1 Å². The average molecular weight is 261 g/mol. The van der Waals surface area contributed by atoms with Crippen molar-refractivity contribution in [2.45, 2.75) is 46.2 Å². The number of hydrogen-bond donors (Lipinski definition) is 1. The zero-order valence-corrected chi connectivity index (χ0v) is 12.7. The lowest BCUT2D eigenvalue weighted by molar-refractivity contribution is 0.0946. The summed E-state index contributed by atoms with van der Waals surface area (Å²) in [5.41, 5.74) is 1.52. The van der Waals surface area contributed by atoms with Gasteiger partial charge in [0, 0.05) is 50.0 Å². The molecule has 2 heterocycles. The molecule has 3 heteroatoms. The normalized spacial score (nSPS) is 25.5. The molecule has 19 heavy (non-hydrogen) atoms. The number of nitrogens with zero attached hydrogens (tertiary/aromatic N) is 2. The van der Waals surface area contributed by atoms with Crippen molar-refractivity contribution in [2.75, 3.05) is 19.6 Å². The first-order chi connectivity index (χ1) is 8.97. The van der Waals surface area contributed by atoms with Gasteiger partial charge in [-0.1, -0.05) is 26.8 Å². The molecule has 0 saturated carbocycles. The molecule has 0 spiro atoms. The highest BCUT2D eigenvalue weighted by molar-refractivity contribution is 5.04. The summed E-state index contributed by atoms with van der Waals surface area (Å²) in [4.78, 5) is 7.01. The highest BCUT2D eigenvalue weighted by Crippen LogP contribution is 2.23. The van der Waals surface area contributed by atoms with Crippen LogP contribution < -0.4 is 5.32 Å². The van der Waals surface area contributed by atoms with Crippen LogP contribution in [0.3, 0.4) is 0 Å². The van der Waals surface area contributed by atoms with Crippen LogP contribution in [0.1, 0.15) is 33.4 Å². The van der Waals surface area contributed by atoms with Gasteiger partial charge < -0.3 is 5.32 Å². The molecule has 1 saturated heterocycles. The molecule has 106 valence electrons. The first-order valence-corrected chi connectivity index (χ1v) is 7.34. The Labute approximate surface area is 117 Å². The fourth-order valence-corrected chi connectivity index (χ4v) is 2.62. The standard InChI is InChI=1S/C16H27N3/c1-13-11-18-15(16(2,3)4)12-19(13)10-8-14-7-5-6-9-17-14/h5-7,9,13,15,18H,8,10-12H2,1-4H3. The summed E-state index contributed by atoms with van der Waals surface area (Å²) in [7, 11) is 0. The minimum Gasteiger partial charge on any atom is -0.311 e. The molecule has 0 aliphatic carbocycles. The second kappa shape index (κ2) is 6.02. The zero-order chi connectivity index (χ0) is 13.9. The summed E-state index contributed by atoms with van der Waals surface area (Å²) in [5.74, 6) is 0. The third kappa shape index (κ3) is 4.02. The Morgan fingerprint density at radius 1 is 1.37 bits per heavy atom. The summed E-state index contributed by atoms with van der Waals surface area (Å²) in [6.45, 7) is 12.6. The van der Waals surface area contributed by atoms with Crippen LogP contribution in [0.25, 0.3) is 0 Å². The predicted molar refractivity (Wildman–Crippen MR) is 80.2 cm³/mol. The molecule has 1 fully saturated rings. The first kappa shape index (κ1) is 14.5. The SMILES string of the molecule is CC1CNC(C(C)(C)C)CN1CCc1ccccn1. The monoisotopic (exact) mass is 261 g/mol. The molecule has 1 N–H and O–H groups in total. The Kier molecular flexibility index (Phi) is 4.58. The number of nitrogens with one attached hydrogen (secondary N) is 1. The number of piperazine rings is 1. The predicted octanol–water partition coefficient (Wildman–Crippen LogP) is 2.33. The van der Waals surface area contributed by atoms with E-state index in [1.165, 1.54) is 5.69 Å². The van der Waals surface area contributed by atoms with Gasteiger partial charge in [0.2, 0.25) is 0 Å². The molecule has 0 aromatic carbocycles. The highest BCUT2D eigenvalue weighted by Gasteiger charge is 2.31. The smallest absolute Gasteiger partial charge is 0.0416 e. The van der Waals surface area contributed by atoms with E-state index in [0.717, 1.165) is 26.1 Å². The third-order valence-corrected chi connectivity index (χ3v) is 4.13. The minimum absolute atomic E-state index is 0.323. The van der Waals surface area contributed by atoms with Crippen molar-refractivity contribution < 1.29 is 0 Å². The molecule has 0 amide bonds. The largest absolute Gasteiger partial charge is 0.311 e. The maximum absolute atomic E-state index is 4.41. The van der Waals surface area contributed by atoms with Crippen molar-refractivity contribution in [1.82, 2.24) is 15.2 Å². The summed E-state index contributed by atoms with van der Waals surface area (Å²) < 4.78 is 0. The summed E-state index contributed by atoms with van der Waals surface area (Å²) in [6, 6.07) is 7.36. The molecule has 1 aromatic heterocycles. The van der Waals surface area contributed by atoms with Crippen LogP contribution in [0, 0.1) is 5.41 Å². The van der Waals surface area contributed by atoms with Gasteiger partial charge in [0.25, 0.3) is 0 Å². The quantitative estimate of drug-likeness (QED) is 0.905. The van der Waals surface area contributed by atoms with Crippen LogP contribution in [-0.2, 0) is 6.42 Å². The topological polar surface area (TPSA) is 28.2 Å². The first-order valence-electron chi connectivity index (χ1n) is 7.34. The molecule has 1 aliphatic rings. The average Bonchev–Trinajstić information content (AvgIpc) is 2.37. The Balaban J connectivity index is 1.91. The van der Waals surface area contributed by atoms with Gasteiger partial charge in [0.1, 0.15) is 0 Å². The van der Waals surface area contributed by atoms with Gasteiger partial charge in [-0.3, -0.25) is 9.88 Å². The molecule has 3 nitrogen and oxygen atoms in total. The highest BCUT2D eigenvalue weighted by atomic mass is 15.2. The van der Waals surface area contributed by atoms with Crippen LogP contribution in [0.4, 0.5) is 0 Å². The van der Waals surface area contributed by atoms with Gasteiger partial charge in [0.15, 0.2) is 0 Å². The van der Waals surface area contributed by atoms with E-state index in [2.05, 4.69) is 55.0 Å². The maximum atomic E-state index is 4.41. The van der Waals surface area contributed by atoms with Crippen LogP contribution in [0.5, 0.6) is 0 Å². The second-order valence-corrected chi connectivity index (χ2v) is 6.74. The molecular formula is C16H27N3. The van der Waals surface area contributed by atoms with E-state index in [1.54, 1.807) is 0 Å². The van der Waals surface area contributed by atoms with Crippen molar-refractivity contribution in [1.29, 1.82) is 0 Å². The second-order valence-electron chi connectivity index (χ2n) is 6.74. The Bertz CT molecular complexity index is 383. The lowest BCUT2D eigenvalue weighted by atomic mass is 9.85. The van der Waals surface area contributed by atoms with E-state index in [-0.39, 0.29) is 0 Å². The Morgan fingerprint density at radius 3 is 2.79 bits per heavy atom. The van der Waals surface area contributed by atoms with Crippen LogP contribution in [0.15, 0.2) is 24.4 Å². The molecular weight excluding hydrogens is 234 g/mol. The molecule has 0 radical (unpaired) electrons. The summed E-state index contributed by atoms with van der Waals surface area (Å²) >= 11 is 0. The van der Waals surface area contributed by atoms with Crippen LogP contribution in [-0.4, -0.2) is 41.6 Å². The van der Waals surface area contributed by atoms with Gasteiger partial charge in [0.05, 0.1) is 0 Å². The van der Waals surface area contributed by atoms with Crippen molar-refractivity contribution in [3.8, 4) is 0 Å². The number of rotatable bonds is 3. The lowest BCUT2D eigenvalue weighted by Crippen LogP contribution is -2.59. The molecule has 1 aliphatic heterocycles. The van der Waals surface area contributed by atoms with Crippen molar-refractivity contribution in [3.63, 3.8) is 0 Å². The van der Waals surface area contributed by atoms with Crippen molar-refractivity contribution >= 4 is 0 Å². The van der Waals surface area contributed by atoms with E-state index in [4.69, 9.17) is 0 Å². The van der Waals surface area contributed by atoms with Gasteiger partial charge in [-0.2, -0.15) is 0 Å². The Hall–Kier alpha value is -0.930. The van der Waals surface area contributed by atoms with E-state index < -0.39 is 0 Å². The third-order valence-electron chi connectivity index (χ3n) is 4.13. The fraction of sp³-hybridized carbons (Fsp3) is 0.688. The van der Waals surface area contributed by atoms with E-state index in [9.17, 15) is 0 Å². The number of aromatic nitrogens is 1. The van der Waals surface area contributed by atoms with Crippen molar-refractivity contribution in [2.24, 2.45) is 5.41 Å². The van der Waals surface area contributed by atoms with Gasteiger partial charge >= 0.3 is 0 Å². The van der Waals surface area contributed by atoms with E-state index in [0.29, 0.717) is 17.5 Å². The van der Waals surface area contributed by atoms with E-state index in [1.807, 2.05) is 12.3 Å². The molecule has 2 unspecified atom stereocenters. The van der Waals surface area contributed by atoms with Crippen LogP contribution in [0.2, 0.25) is 0 Å². The number of hydrogen-bond acceptors (Lipinski definition) is 3. The maximum Gasteiger partial charge on any atom is 0.0416 e.